The summed E-state index contributed by atoms with van der Waals surface area (Å²) in [6, 6.07) is 21.4. The molecule has 6 nitrogen and oxygen atoms in total. The molecule has 6 heteroatoms. The Balaban J connectivity index is 1.38. The zero-order chi connectivity index (χ0) is 21.6. The average Bonchev–Trinajstić information content (AvgIpc) is 2.78. The summed E-state index contributed by atoms with van der Waals surface area (Å²) >= 11 is 0. The first-order valence-corrected chi connectivity index (χ1v) is 10.6. The van der Waals surface area contributed by atoms with Crippen molar-refractivity contribution in [2.75, 3.05) is 23.3 Å². The number of morpholine rings is 1. The van der Waals surface area contributed by atoms with Crippen molar-refractivity contribution in [3.63, 3.8) is 0 Å². The molecule has 0 spiro atoms. The Morgan fingerprint density at radius 1 is 1.00 bits per heavy atom. The fourth-order valence-corrected chi connectivity index (χ4v) is 3.82. The van der Waals surface area contributed by atoms with Crippen LogP contribution in [0.5, 0.6) is 0 Å². The van der Waals surface area contributed by atoms with Gasteiger partial charge in [-0.1, -0.05) is 36.4 Å². The lowest BCUT2D eigenvalue weighted by Crippen LogP contribution is -2.45. The second kappa shape index (κ2) is 9.62. The van der Waals surface area contributed by atoms with E-state index in [-0.39, 0.29) is 18.1 Å². The molecule has 2 unspecified atom stereocenters. The second-order valence-electron chi connectivity index (χ2n) is 7.91. The third-order valence-electron chi connectivity index (χ3n) is 5.23. The molecule has 1 amide bonds. The highest BCUT2D eigenvalue weighted by Crippen LogP contribution is 2.21. The number of aromatic nitrogens is 1. The van der Waals surface area contributed by atoms with Gasteiger partial charge < -0.3 is 20.3 Å². The first kappa shape index (κ1) is 20.9. The number of rotatable bonds is 6. The number of benzene rings is 2. The summed E-state index contributed by atoms with van der Waals surface area (Å²) in [7, 11) is 0. The number of pyridine rings is 1. The minimum atomic E-state index is -0.126. The van der Waals surface area contributed by atoms with Gasteiger partial charge in [-0.05, 0) is 49.7 Å². The predicted molar refractivity (Wildman–Crippen MR) is 124 cm³/mol. The lowest BCUT2D eigenvalue weighted by atomic mass is 10.1. The number of carbonyl (C=O) groups is 1. The zero-order valence-corrected chi connectivity index (χ0v) is 17.9. The molecule has 2 aromatic carbocycles. The smallest absolute Gasteiger partial charge is 0.253 e. The standard InChI is InChI=1S/C25H28N4O2/c1-18-16-29(17-19(2)31-18)24-13-12-20(14-26-24)15-27-25(30)22-10-6-7-11-23(22)28-21-8-4-3-5-9-21/h3-14,18-19,28H,15-17H2,1-2H3,(H,27,30). The topological polar surface area (TPSA) is 66.5 Å². The fourth-order valence-electron chi connectivity index (χ4n) is 3.82. The highest BCUT2D eigenvalue weighted by atomic mass is 16.5. The van der Waals surface area contributed by atoms with Crippen LogP contribution in [0.25, 0.3) is 0 Å². The predicted octanol–water partition coefficient (Wildman–Crippen LogP) is 4.37. The molecule has 2 N–H and O–H groups in total. The van der Waals surface area contributed by atoms with Crippen LogP contribution in [0.4, 0.5) is 17.2 Å². The molecule has 1 aromatic heterocycles. The Kier molecular flexibility index (Phi) is 6.48. The number of nitrogens with zero attached hydrogens (tertiary/aromatic N) is 2. The normalized spacial score (nSPS) is 18.5. The van der Waals surface area contributed by atoms with Crippen LogP contribution in [0.1, 0.15) is 29.8 Å². The number of hydrogen-bond acceptors (Lipinski definition) is 5. The van der Waals surface area contributed by atoms with Crippen LogP contribution < -0.4 is 15.5 Å². The Labute approximate surface area is 183 Å². The van der Waals surface area contributed by atoms with E-state index in [2.05, 4.69) is 34.4 Å². The third-order valence-corrected chi connectivity index (χ3v) is 5.23. The summed E-state index contributed by atoms with van der Waals surface area (Å²) in [5.41, 5.74) is 3.27. The lowest BCUT2D eigenvalue weighted by Gasteiger charge is -2.36. The van der Waals surface area contributed by atoms with Crippen molar-refractivity contribution in [3.05, 3.63) is 84.1 Å². The summed E-state index contributed by atoms with van der Waals surface area (Å²) in [5.74, 6) is 0.813. The molecule has 1 aliphatic heterocycles. The van der Waals surface area contributed by atoms with Crippen LogP contribution in [-0.2, 0) is 11.3 Å². The van der Waals surface area contributed by atoms with E-state index in [9.17, 15) is 4.79 Å². The molecule has 0 bridgehead atoms. The molecule has 1 fully saturated rings. The van der Waals surface area contributed by atoms with Crippen LogP contribution in [-0.4, -0.2) is 36.2 Å². The van der Waals surface area contributed by atoms with Crippen LogP contribution >= 0.6 is 0 Å². The Hall–Kier alpha value is -3.38. The zero-order valence-electron chi connectivity index (χ0n) is 17.9. The maximum atomic E-state index is 12.8. The SMILES string of the molecule is CC1CN(c2ccc(CNC(=O)c3ccccc3Nc3ccccc3)cn2)CC(C)O1. The number of para-hydroxylation sites is 2. The average molecular weight is 417 g/mol. The minimum Gasteiger partial charge on any atom is -0.372 e. The molecule has 2 heterocycles. The molecular formula is C25H28N4O2. The van der Waals surface area contributed by atoms with Crippen molar-refractivity contribution in [2.24, 2.45) is 0 Å². The van der Waals surface area contributed by atoms with Crippen molar-refractivity contribution >= 4 is 23.1 Å². The quantitative estimate of drug-likeness (QED) is 0.625. The maximum absolute atomic E-state index is 12.8. The van der Waals surface area contributed by atoms with Crippen LogP contribution in [0.3, 0.4) is 0 Å². The number of anilines is 3. The van der Waals surface area contributed by atoms with Crippen molar-refractivity contribution in [1.82, 2.24) is 10.3 Å². The van der Waals surface area contributed by atoms with Gasteiger partial charge in [-0.2, -0.15) is 0 Å². The van der Waals surface area contributed by atoms with E-state index in [4.69, 9.17) is 4.74 Å². The van der Waals surface area contributed by atoms with E-state index in [1.165, 1.54) is 0 Å². The number of nitrogens with one attached hydrogen (secondary N) is 2. The Morgan fingerprint density at radius 3 is 2.42 bits per heavy atom. The van der Waals surface area contributed by atoms with Gasteiger partial charge in [0.1, 0.15) is 5.82 Å². The molecule has 1 aliphatic rings. The molecule has 0 saturated carbocycles. The van der Waals surface area contributed by atoms with E-state index >= 15 is 0 Å². The van der Waals surface area contributed by atoms with Gasteiger partial charge in [-0.3, -0.25) is 4.79 Å². The van der Waals surface area contributed by atoms with Crippen molar-refractivity contribution in [1.29, 1.82) is 0 Å². The van der Waals surface area contributed by atoms with Crippen molar-refractivity contribution in [2.45, 2.75) is 32.6 Å². The molecule has 1 saturated heterocycles. The van der Waals surface area contributed by atoms with Crippen molar-refractivity contribution in [3.8, 4) is 0 Å². The first-order valence-electron chi connectivity index (χ1n) is 10.6. The van der Waals surface area contributed by atoms with Crippen LogP contribution in [0.2, 0.25) is 0 Å². The highest BCUT2D eigenvalue weighted by Gasteiger charge is 2.23. The van der Waals surface area contributed by atoms with E-state index < -0.39 is 0 Å². The third kappa shape index (κ3) is 5.41. The van der Waals surface area contributed by atoms with Gasteiger partial charge in [-0.15, -0.1) is 0 Å². The minimum absolute atomic E-state index is 0.126. The molecule has 31 heavy (non-hydrogen) atoms. The summed E-state index contributed by atoms with van der Waals surface area (Å²) in [6.07, 6.45) is 2.21. The number of carbonyl (C=O) groups excluding carboxylic acids is 1. The summed E-state index contributed by atoms with van der Waals surface area (Å²) in [6.45, 7) is 6.24. The Morgan fingerprint density at radius 2 is 1.71 bits per heavy atom. The molecule has 0 radical (unpaired) electrons. The fraction of sp³-hybridized carbons (Fsp3) is 0.280. The monoisotopic (exact) mass is 416 g/mol. The largest absolute Gasteiger partial charge is 0.372 e. The summed E-state index contributed by atoms with van der Waals surface area (Å²) in [4.78, 5) is 19.7. The van der Waals surface area contributed by atoms with E-state index in [1.54, 1.807) is 0 Å². The van der Waals surface area contributed by atoms with Crippen molar-refractivity contribution < 1.29 is 9.53 Å². The molecule has 2 atom stereocenters. The van der Waals surface area contributed by atoms with Gasteiger partial charge in [0.05, 0.1) is 23.5 Å². The van der Waals surface area contributed by atoms with Crippen LogP contribution in [0, 0.1) is 0 Å². The van der Waals surface area contributed by atoms with Gasteiger partial charge in [0.15, 0.2) is 0 Å². The van der Waals surface area contributed by atoms with E-state index in [1.807, 2.05) is 72.9 Å². The van der Waals surface area contributed by atoms with Crippen LogP contribution in [0.15, 0.2) is 72.9 Å². The molecule has 4 rings (SSSR count). The Bertz CT molecular complexity index is 998. The van der Waals surface area contributed by atoms with E-state index in [0.29, 0.717) is 12.1 Å². The number of amides is 1. The number of ether oxygens (including phenoxy) is 1. The summed E-state index contributed by atoms with van der Waals surface area (Å²) in [5, 5.41) is 6.32. The van der Waals surface area contributed by atoms with Gasteiger partial charge >= 0.3 is 0 Å². The van der Waals surface area contributed by atoms with E-state index in [0.717, 1.165) is 35.8 Å². The molecule has 0 aliphatic carbocycles. The maximum Gasteiger partial charge on any atom is 0.253 e. The van der Waals surface area contributed by atoms with Gasteiger partial charge in [0.2, 0.25) is 0 Å². The molecule has 3 aromatic rings. The number of hydrogen-bond donors (Lipinski definition) is 2. The molecule has 160 valence electrons. The molecular weight excluding hydrogens is 388 g/mol. The first-order chi connectivity index (χ1) is 15.1. The highest BCUT2D eigenvalue weighted by molar-refractivity contribution is 6.00. The van der Waals surface area contributed by atoms with Gasteiger partial charge in [0, 0.05) is 31.5 Å². The lowest BCUT2D eigenvalue weighted by molar-refractivity contribution is -0.00546. The summed E-state index contributed by atoms with van der Waals surface area (Å²) < 4.78 is 5.79. The second-order valence-corrected chi connectivity index (χ2v) is 7.91. The van der Waals surface area contributed by atoms with Gasteiger partial charge in [-0.25, -0.2) is 4.98 Å². The van der Waals surface area contributed by atoms with Gasteiger partial charge in [0.25, 0.3) is 5.91 Å².